The molecule has 112 valence electrons. The number of para-hydroxylation sites is 1. The number of aromatic hydroxyl groups is 1. The first-order valence-corrected chi connectivity index (χ1v) is 6.50. The average molecular weight is 310 g/mol. The van der Waals surface area contributed by atoms with E-state index in [9.17, 15) is 14.7 Å². The molecule has 2 aromatic rings. The summed E-state index contributed by atoms with van der Waals surface area (Å²) in [5.41, 5.74) is 6.42. The van der Waals surface area contributed by atoms with Crippen molar-refractivity contribution >= 4 is 29.2 Å². The lowest BCUT2D eigenvalue weighted by molar-refractivity contribution is 0.0950. The summed E-state index contributed by atoms with van der Waals surface area (Å²) in [7, 11) is 0. The molecule has 0 aliphatic carbocycles. The van der Waals surface area contributed by atoms with Crippen LogP contribution >= 0.6 is 12.4 Å². The fourth-order valence-electron chi connectivity index (χ4n) is 2.70. The standard InChI is InChI=1S/C14H15N3O3.ClH/c15-5-6-16-13(19)10-12(18)9-3-1-2-8-4-7-17(11(8)9)14(10)20;/h1-3,18H,4-7,15H2,(H,16,19);1H. The number of hydrogen-bond acceptors (Lipinski definition) is 4. The van der Waals surface area contributed by atoms with Gasteiger partial charge in [-0.25, -0.2) is 0 Å². The number of aryl methyl sites for hydroxylation is 2. The van der Waals surface area contributed by atoms with Crippen LogP contribution in [0.15, 0.2) is 23.0 Å². The van der Waals surface area contributed by atoms with Crippen molar-refractivity contribution in [3.63, 3.8) is 0 Å². The largest absolute Gasteiger partial charge is 0.506 e. The van der Waals surface area contributed by atoms with Crippen LogP contribution in [0.2, 0.25) is 0 Å². The first kappa shape index (κ1) is 15.3. The average Bonchev–Trinajstić information content (AvgIpc) is 2.88. The van der Waals surface area contributed by atoms with Gasteiger partial charge in [0.05, 0.1) is 5.52 Å². The molecule has 0 unspecified atom stereocenters. The second-order valence-electron chi connectivity index (χ2n) is 4.79. The predicted octanol–water partition coefficient (Wildman–Crippen LogP) is 0.373. The van der Waals surface area contributed by atoms with Gasteiger partial charge in [-0.3, -0.25) is 9.59 Å². The second-order valence-corrected chi connectivity index (χ2v) is 4.79. The molecule has 0 atom stereocenters. The summed E-state index contributed by atoms with van der Waals surface area (Å²) in [5, 5.41) is 13.3. The normalized spacial score (nSPS) is 12.2. The van der Waals surface area contributed by atoms with Crippen LogP contribution in [0.1, 0.15) is 15.9 Å². The fraction of sp³-hybridized carbons (Fsp3) is 0.286. The summed E-state index contributed by atoms with van der Waals surface area (Å²) in [6.45, 7) is 1.07. The number of rotatable bonds is 3. The zero-order valence-electron chi connectivity index (χ0n) is 11.3. The molecule has 0 fully saturated rings. The Balaban J connectivity index is 0.00000161. The first-order valence-electron chi connectivity index (χ1n) is 6.50. The Kier molecular flexibility index (Phi) is 4.20. The van der Waals surface area contributed by atoms with E-state index in [-0.39, 0.29) is 36.8 Å². The van der Waals surface area contributed by atoms with Crippen LogP contribution in [0.5, 0.6) is 5.75 Å². The zero-order chi connectivity index (χ0) is 14.3. The van der Waals surface area contributed by atoms with E-state index in [1.807, 2.05) is 12.1 Å². The van der Waals surface area contributed by atoms with Crippen LogP contribution in [-0.2, 0) is 13.0 Å². The van der Waals surface area contributed by atoms with E-state index in [2.05, 4.69) is 5.32 Å². The molecule has 0 saturated heterocycles. The molecule has 4 N–H and O–H groups in total. The van der Waals surface area contributed by atoms with Crippen LogP contribution < -0.4 is 16.6 Å². The molecule has 1 aromatic carbocycles. The number of nitrogens with zero attached hydrogens (tertiary/aromatic N) is 1. The van der Waals surface area contributed by atoms with Gasteiger partial charge in [-0.05, 0) is 18.1 Å². The highest BCUT2D eigenvalue weighted by Gasteiger charge is 2.25. The van der Waals surface area contributed by atoms with Crippen LogP contribution in [-0.4, -0.2) is 28.7 Å². The molecule has 6 nitrogen and oxygen atoms in total. The SMILES string of the molecule is Cl.NCCNC(=O)c1c(O)c2cccc3c2n(c1=O)CC3. The molecule has 7 heteroatoms. The third-order valence-corrected chi connectivity index (χ3v) is 3.60. The van der Waals surface area contributed by atoms with E-state index in [0.717, 1.165) is 17.5 Å². The summed E-state index contributed by atoms with van der Waals surface area (Å²) in [6, 6.07) is 5.47. The van der Waals surface area contributed by atoms with Crippen molar-refractivity contribution in [3.8, 4) is 5.75 Å². The van der Waals surface area contributed by atoms with E-state index < -0.39 is 11.5 Å². The third kappa shape index (κ3) is 2.26. The molecular weight excluding hydrogens is 294 g/mol. The van der Waals surface area contributed by atoms with Gasteiger partial charge < -0.3 is 20.7 Å². The molecule has 1 aromatic heterocycles. The lowest BCUT2D eigenvalue weighted by Crippen LogP contribution is -2.35. The van der Waals surface area contributed by atoms with Crippen molar-refractivity contribution in [2.24, 2.45) is 5.73 Å². The maximum absolute atomic E-state index is 12.4. The maximum atomic E-state index is 12.4. The summed E-state index contributed by atoms with van der Waals surface area (Å²) in [6.07, 6.45) is 0.736. The highest BCUT2D eigenvalue weighted by Crippen LogP contribution is 2.31. The molecule has 21 heavy (non-hydrogen) atoms. The highest BCUT2D eigenvalue weighted by molar-refractivity contribution is 6.03. The van der Waals surface area contributed by atoms with Gasteiger partial charge in [0.25, 0.3) is 11.5 Å². The van der Waals surface area contributed by atoms with E-state index in [1.165, 1.54) is 0 Å². The number of hydrogen-bond donors (Lipinski definition) is 3. The van der Waals surface area contributed by atoms with E-state index >= 15 is 0 Å². The summed E-state index contributed by atoms with van der Waals surface area (Å²) >= 11 is 0. The van der Waals surface area contributed by atoms with Crippen molar-refractivity contribution in [2.45, 2.75) is 13.0 Å². The molecule has 2 heterocycles. The van der Waals surface area contributed by atoms with Crippen molar-refractivity contribution in [2.75, 3.05) is 13.1 Å². The quantitative estimate of drug-likeness (QED) is 0.763. The molecule has 1 amide bonds. The fourth-order valence-corrected chi connectivity index (χ4v) is 2.70. The summed E-state index contributed by atoms with van der Waals surface area (Å²) in [4.78, 5) is 24.4. The number of nitrogens with two attached hydrogens (primary N) is 1. The molecule has 0 radical (unpaired) electrons. The summed E-state index contributed by atoms with van der Waals surface area (Å²) < 4.78 is 1.56. The Bertz CT molecular complexity index is 770. The van der Waals surface area contributed by atoms with Crippen LogP contribution in [0, 0.1) is 0 Å². The number of benzene rings is 1. The van der Waals surface area contributed by atoms with Gasteiger partial charge in [0.15, 0.2) is 0 Å². The maximum Gasteiger partial charge on any atom is 0.267 e. The number of carbonyl (C=O) groups is 1. The minimum absolute atomic E-state index is 0. The lowest BCUT2D eigenvalue weighted by atomic mass is 10.1. The minimum atomic E-state index is -0.582. The Morgan fingerprint density at radius 2 is 2.19 bits per heavy atom. The number of halogens is 1. The first-order chi connectivity index (χ1) is 9.65. The van der Waals surface area contributed by atoms with Crippen molar-refractivity contribution in [1.82, 2.24) is 9.88 Å². The van der Waals surface area contributed by atoms with Gasteiger partial charge in [0, 0.05) is 25.0 Å². The van der Waals surface area contributed by atoms with Crippen molar-refractivity contribution < 1.29 is 9.90 Å². The monoisotopic (exact) mass is 309 g/mol. The third-order valence-electron chi connectivity index (χ3n) is 3.60. The number of nitrogens with one attached hydrogen (secondary N) is 1. The van der Waals surface area contributed by atoms with E-state index in [4.69, 9.17) is 5.73 Å². The molecule has 0 bridgehead atoms. The van der Waals surface area contributed by atoms with Gasteiger partial charge in [0.1, 0.15) is 11.3 Å². The van der Waals surface area contributed by atoms with Crippen LogP contribution in [0.3, 0.4) is 0 Å². The van der Waals surface area contributed by atoms with Crippen molar-refractivity contribution in [1.29, 1.82) is 0 Å². The Hall–Kier alpha value is -2.05. The van der Waals surface area contributed by atoms with Gasteiger partial charge in [-0.1, -0.05) is 12.1 Å². The van der Waals surface area contributed by atoms with Gasteiger partial charge in [0.2, 0.25) is 0 Å². The number of pyridine rings is 1. The predicted molar refractivity (Wildman–Crippen MR) is 82.2 cm³/mol. The number of amides is 1. The Morgan fingerprint density at radius 3 is 2.90 bits per heavy atom. The Morgan fingerprint density at radius 1 is 1.43 bits per heavy atom. The highest BCUT2D eigenvalue weighted by atomic mass is 35.5. The second kappa shape index (κ2) is 5.75. The van der Waals surface area contributed by atoms with Crippen LogP contribution in [0.4, 0.5) is 0 Å². The molecule has 1 aliphatic rings. The summed E-state index contributed by atoms with van der Waals surface area (Å²) in [5.74, 6) is -0.833. The van der Waals surface area contributed by atoms with Gasteiger partial charge >= 0.3 is 0 Å². The molecule has 1 aliphatic heterocycles. The molecule has 3 rings (SSSR count). The topological polar surface area (TPSA) is 97.3 Å². The zero-order valence-corrected chi connectivity index (χ0v) is 12.1. The molecule has 0 spiro atoms. The van der Waals surface area contributed by atoms with E-state index in [1.54, 1.807) is 10.6 Å². The minimum Gasteiger partial charge on any atom is -0.506 e. The van der Waals surface area contributed by atoms with Crippen molar-refractivity contribution in [3.05, 3.63) is 39.7 Å². The number of carbonyl (C=O) groups excluding carboxylic acids is 1. The molecule has 0 saturated carbocycles. The van der Waals surface area contributed by atoms with E-state index in [0.29, 0.717) is 11.9 Å². The van der Waals surface area contributed by atoms with Gasteiger partial charge in [-0.15, -0.1) is 12.4 Å². The van der Waals surface area contributed by atoms with Crippen LogP contribution in [0.25, 0.3) is 10.9 Å². The molecular formula is C14H16ClN3O3. The van der Waals surface area contributed by atoms with Gasteiger partial charge in [-0.2, -0.15) is 0 Å². The lowest BCUT2D eigenvalue weighted by Gasteiger charge is -2.11. The number of aromatic nitrogens is 1. The Labute approximate surface area is 127 Å². The smallest absolute Gasteiger partial charge is 0.267 e.